The van der Waals surface area contributed by atoms with E-state index in [1.165, 1.54) is 0 Å². The molecule has 2 rings (SSSR count). The highest BCUT2D eigenvalue weighted by Crippen LogP contribution is 2.13. The van der Waals surface area contributed by atoms with Crippen LogP contribution in [0.15, 0.2) is 6.07 Å². The van der Waals surface area contributed by atoms with Gasteiger partial charge in [0.25, 0.3) is 0 Å². The molecule has 6 nitrogen and oxygen atoms in total. The maximum Gasteiger partial charge on any atom is 0.245 e. The Bertz CT molecular complexity index is 524. The molecule has 1 unspecified atom stereocenters. The summed E-state index contributed by atoms with van der Waals surface area (Å²) in [7, 11) is 0. The minimum Gasteiger partial charge on any atom is -0.344 e. The summed E-state index contributed by atoms with van der Waals surface area (Å²) in [5.74, 6) is -0.0406. The Morgan fingerprint density at radius 3 is 2.71 bits per heavy atom. The molecule has 1 aromatic rings. The van der Waals surface area contributed by atoms with Gasteiger partial charge in [0.05, 0.1) is 17.9 Å². The zero-order valence-electron chi connectivity index (χ0n) is 13.1. The molecule has 1 saturated heterocycles. The van der Waals surface area contributed by atoms with E-state index in [1.807, 2.05) is 18.5 Å². The lowest BCUT2D eigenvalue weighted by Crippen LogP contribution is -2.44. The van der Waals surface area contributed by atoms with Gasteiger partial charge in [-0.05, 0) is 25.8 Å². The average molecular weight is 292 g/mol. The third kappa shape index (κ3) is 3.43. The summed E-state index contributed by atoms with van der Waals surface area (Å²) in [5, 5.41) is 7.30. The zero-order valence-corrected chi connectivity index (χ0v) is 13.1. The van der Waals surface area contributed by atoms with Crippen LogP contribution in [0.25, 0.3) is 0 Å². The normalized spacial score (nSPS) is 19.6. The van der Waals surface area contributed by atoms with Crippen LogP contribution in [-0.4, -0.2) is 39.1 Å². The first kappa shape index (κ1) is 15.5. The summed E-state index contributed by atoms with van der Waals surface area (Å²) in [6.45, 7) is 7.80. The molecule has 1 aromatic heterocycles. The van der Waals surface area contributed by atoms with E-state index in [0.717, 1.165) is 24.4 Å². The van der Waals surface area contributed by atoms with E-state index in [2.05, 4.69) is 23.4 Å². The van der Waals surface area contributed by atoms with E-state index in [-0.39, 0.29) is 11.8 Å². The molecule has 116 valence electrons. The molecule has 0 spiro atoms. The monoisotopic (exact) mass is 292 g/mol. The topological polar surface area (TPSA) is 67.2 Å². The van der Waals surface area contributed by atoms with E-state index in [4.69, 9.17) is 0 Å². The molecule has 1 atom stereocenters. The Balaban J connectivity index is 2.18. The van der Waals surface area contributed by atoms with Crippen LogP contribution in [0.1, 0.15) is 45.0 Å². The van der Waals surface area contributed by atoms with E-state index in [9.17, 15) is 9.59 Å². The maximum atomic E-state index is 12.5. The SMILES string of the molecule is CCc1cc(CN2CCC(=O)NC(CC)C2=O)n(CC)n1. The van der Waals surface area contributed by atoms with Crippen molar-refractivity contribution in [3.8, 4) is 0 Å². The highest BCUT2D eigenvalue weighted by molar-refractivity contribution is 5.89. The molecule has 0 saturated carbocycles. The van der Waals surface area contributed by atoms with Crippen molar-refractivity contribution in [3.63, 3.8) is 0 Å². The van der Waals surface area contributed by atoms with Gasteiger partial charge in [-0.1, -0.05) is 13.8 Å². The second-order valence-corrected chi connectivity index (χ2v) is 5.33. The lowest BCUT2D eigenvalue weighted by Gasteiger charge is -2.23. The van der Waals surface area contributed by atoms with Crippen LogP contribution in [0.5, 0.6) is 0 Å². The molecular weight excluding hydrogens is 268 g/mol. The van der Waals surface area contributed by atoms with Crippen molar-refractivity contribution in [2.45, 2.75) is 59.2 Å². The molecule has 2 amide bonds. The molecule has 0 aliphatic carbocycles. The van der Waals surface area contributed by atoms with Crippen LogP contribution in [0, 0.1) is 0 Å². The second-order valence-electron chi connectivity index (χ2n) is 5.33. The highest BCUT2D eigenvalue weighted by Gasteiger charge is 2.29. The number of nitrogens with zero attached hydrogens (tertiary/aromatic N) is 3. The Hall–Kier alpha value is -1.85. The van der Waals surface area contributed by atoms with Gasteiger partial charge in [-0.3, -0.25) is 14.3 Å². The van der Waals surface area contributed by atoms with Gasteiger partial charge in [0.2, 0.25) is 11.8 Å². The standard InChI is InChI=1S/C15H24N4O2/c1-4-11-9-12(19(6-3)17-11)10-18-8-7-14(20)16-13(5-2)15(18)21/h9,13H,4-8,10H2,1-3H3,(H,16,20). The molecule has 1 fully saturated rings. The number of amides is 2. The van der Waals surface area contributed by atoms with Crippen LogP contribution in [0.3, 0.4) is 0 Å². The van der Waals surface area contributed by atoms with Crippen LogP contribution < -0.4 is 5.32 Å². The minimum absolute atomic E-state index is 0.00486. The summed E-state index contributed by atoms with van der Waals surface area (Å²) >= 11 is 0. The van der Waals surface area contributed by atoms with Crippen molar-refractivity contribution >= 4 is 11.8 Å². The van der Waals surface area contributed by atoms with Gasteiger partial charge >= 0.3 is 0 Å². The van der Waals surface area contributed by atoms with Crippen molar-refractivity contribution in [2.24, 2.45) is 0 Å². The fourth-order valence-electron chi connectivity index (χ4n) is 2.61. The summed E-state index contributed by atoms with van der Waals surface area (Å²) in [6, 6.07) is 1.65. The number of hydrogen-bond donors (Lipinski definition) is 1. The molecule has 21 heavy (non-hydrogen) atoms. The molecule has 1 aliphatic rings. The first-order chi connectivity index (χ1) is 10.1. The largest absolute Gasteiger partial charge is 0.344 e. The number of aryl methyl sites for hydroxylation is 2. The lowest BCUT2D eigenvalue weighted by atomic mass is 10.2. The molecule has 0 aromatic carbocycles. The number of carbonyl (C=O) groups is 2. The minimum atomic E-state index is -0.399. The second kappa shape index (κ2) is 6.74. The van der Waals surface area contributed by atoms with Crippen molar-refractivity contribution in [2.75, 3.05) is 6.54 Å². The van der Waals surface area contributed by atoms with Gasteiger partial charge in [0.15, 0.2) is 0 Å². The van der Waals surface area contributed by atoms with Crippen LogP contribution in [0.4, 0.5) is 0 Å². The third-order valence-corrected chi connectivity index (χ3v) is 3.89. The molecule has 1 N–H and O–H groups in total. The molecular formula is C15H24N4O2. The fourth-order valence-corrected chi connectivity index (χ4v) is 2.61. The number of carbonyl (C=O) groups excluding carboxylic acids is 2. The Kier molecular flexibility index (Phi) is 4.98. The number of aromatic nitrogens is 2. The van der Waals surface area contributed by atoms with Crippen molar-refractivity contribution in [1.29, 1.82) is 0 Å². The molecule has 0 bridgehead atoms. The summed E-state index contributed by atoms with van der Waals surface area (Å²) < 4.78 is 1.94. The zero-order chi connectivity index (χ0) is 15.4. The van der Waals surface area contributed by atoms with E-state index in [1.54, 1.807) is 4.90 Å². The predicted molar refractivity (Wildman–Crippen MR) is 79.5 cm³/mol. The van der Waals surface area contributed by atoms with Crippen molar-refractivity contribution < 1.29 is 9.59 Å². The van der Waals surface area contributed by atoms with Crippen LogP contribution in [0.2, 0.25) is 0 Å². The lowest BCUT2D eigenvalue weighted by molar-refractivity contribution is -0.134. The van der Waals surface area contributed by atoms with Gasteiger partial charge in [-0.25, -0.2) is 0 Å². The van der Waals surface area contributed by atoms with Crippen molar-refractivity contribution in [3.05, 3.63) is 17.5 Å². The van der Waals surface area contributed by atoms with E-state index in [0.29, 0.717) is 25.9 Å². The summed E-state index contributed by atoms with van der Waals surface area (Å²) in [5.41, 5.74) is 2.07. The Morgan fingerprint density at radius 1 is 1.33 bits per heavy atom. The van der Waals surface area contributed by atoms with Gasteiger partial charge in [0.1, 0.15) is 6.04 Å². The molecule has 0 radical (unpaired) electrons. The van der Waals surface area contributed by atoms with E-state index >= 15 is 0 Å². The first-order valence-corrected chi connectivity index (χ1v) is 7.72. The first-order valence-electron chi connectivity index (χ1n) is 7.72. The smallest absolute Gasteiger partial charge is 0.245 e. The summed E-state index contributed by atoms with van der Waals surface area (Å²) in [4.78, 5) is 25.9. The van der Waals surface area contributed by atoms with Gasteiger partial charge in [-0.15, -0.1) is 0 Å². The summed E-state index contributed by atoms with van der Waals surface area (Å²) in [6.07, 6.45) is 1.86. The van der Waals surface area contributed by atoms with Crippen LogP contribution in [-0.2, 0) is 29.1 Å². The Labute approximate surface area is 125 Å². The maximum absolute atomic E-state index is 12.5. The fraction of sp³-hybridized carbons (Fsp3) is 0.667. The molecule has 1 aliphatic heterocycles. The van der Waals surface area contributed by atoms with E-state index < -0.39 is 6.04 Å². The predicted octanol–water partition coefficient (Wildman–Crippen LogP) is 1.09. The molecule has 6 heteroatoms. The quantitative estimate of drug-likeness (QED) is 0.883. The van der Waals surface area contributed by atoms with Gasteiger partial charge in [0, 0.05) is 19.5 Å². The van der Waals surface area contributed by atoms with Crippen molar-refractivity contribution in [1.82, 2.24) is 20.0 Å². The highest BCUT2D eigenvalue weighted by atomic mass is 16.2. The Morgan fingerprint density at radius 2 is 2.10 bits per heavy atom. The van der Waals surface area contributed by atoms with Gasteiger partial charge in [-0.2, -0.15) is 5.10 Å². The number of nitrogens with one attached hydrogen (secondary N) is 1. The third-order valence-electron chi connectivity index (χ3n) is 3.89. The average Bonchev–Trinajstić information content (AvgIpc) is 2.84. The number of hydrogen-bond acceptors (Lipinski definition) is 3. The molecule has 2 heterocycles. The van der Waals surface area contributed by atoms with Crippen LogP contribution >= 0.6 is 0 Å². The number of rotatable bonds is 5. The van der Waals surface area contributed by atoms with Gasteiger partial charge < -0.3 is 10.2 Å².